The Balaban J connectivity index is 1.39. The number of fused-ring (bicyclic) bond motifs is 1. The van der Waals surface area contributed by atoms with Crippen molar-refractivity contribution in [1.29, 1.82) is 0 Å². The van der Waals surface area contributed by atoms with E-state index in [2.05, 4.69) is 21.5 Å². The topological polar surface area (TPSA) is 91.2 Å². The van der Waals surface area contributed by atoms with E-state index in [0.29, 0.717) is 24.8 Å². The highest BCUT2D eigenvalue weighted by atomic mass is 16.5. The Hall–Kier alpha value is -2.32. The third-order valence-electron chi connectivity index (χ3n) is 4.91. The summed E-state index contributed by atoms with van der Waals surface area (Å²) in [5, 5.41) is 7.63. The van der Waals surface area contributed by atoms with Crippen molar-refractivity contribution in [3.8, 4) is 0 Å². The Morgan fingerprint density at radius 3 is 3.00 bits per heavy atom. The predicted molar refractivity (Wildman–Crippen MR) is 92.5 cm³/mol. The van der Waals surface area contributed by atoms with E-state index in [1.54, 1.807) is 12.3 Å². The Morgan fingerprint density at radius 1 is 1.31 bits per heavy atom. The Morgan fingerprint density at radius 2 is 2.19 bits per heavy atom. The molecular formula is C18H23N5O3. The van der Waals surface area contributed by atoms with E-state index in [1.807, 2.05) is 4.68 Å². The number of ether oxygens (including phenoxy) is 2. The van der Waals surface area contributed by atoms with Crippen LogP contribution in [-0.2, 0) is 22.4 Å². The maximum atomic E-state index is 12.2. The lowest BCUT2D eigenvalue weighted by Gasteiger charge is -2.22. The highest BCUT2D eigenvalue weighted by Gasteiger charge is 2.26. The lowest BCUT2D eigenvalue weighted by atomic mass is 10.0. The Bertz CT molecular complexity index is 743. The van der Waals surface area contributed by atoms with Crippen LogP contribution in [0.5, 0.6) is 0 Å². The van der Waals surface area contributed by atoms with Crippen LogP contribution in [0.3, 0.4) is 0 Å². The minimum Gasteiger partial charge on any atom is -0.381 e. The molecule has 1 N–H and O–H groups in total. The average Bonchev–Trinajstić information content (AvgIpc) is 3.10. The summed E-state index contributed by atoms with van der Waals surface area (Å²) < 4.78 is 13.3. The highest BCUT2D eigenvalue weighted by Crippen LogP contribution is 2.26. The van der Waals surface area contributed by atoms with E-state index in [9.17, 15) is 4.79 Å². The summed E-state index contributed by atoms with van der Waals surface area (Å²) in [7, 11) is 0. The zero-order valence-corrected chi connectivity index (χ0v) is 14.6. The van der Waals surface area contributed by atoms with Crippen molar-refractivity contribution >= 4 is 5.91 Å². The predicted octanol–water partition coefficient (Wildman–Crippen LogP) is 1.14. The molecule has 1 saturated heterocycles. The number of rotatable bonds is 5. The van der Waals surface area contributed by atoms with Crippen LogP contribution in [0.25, 0.3) is 0 Å². The monoisotopic (exact) mass is 357 g/mol. The van der Waals surface area contributed by atoms with Crippen LogP contribution in [0.4, 0.5) is 0 Å². The van der Waals surface area contributed by atoms with Gasteiger partial charge in [0.15, 0.2) is 0 Å². The standard InChI is InChI=1S/C18H23N5O3/c24-18(15-1-5-19-12-21-15)20-9-16-17-14(4-8-26-16)11-23(22-17)10-13-2-6-25-7-3-13/h1,5,11-13,16H,2-4,6-10H2,(H,20,24)/t16-/m0/s1. The minimum absolute atomic E-state index is 0.222. The van der Waals surface area contributed by atoms with Crippen molar-refractivity contribution in [2.24, 2.45) is 5.92 Å². The molecule has 0 aliphatic carbocycles. The molecule has 1 fully saturated rings. The van der Waals surface area contributed by atoms with Gasteiger partial charge in [0.2, 0.25) is 0 Å². The van der Waals surface area contributed by atoms with E-state index in [0.717, 1.165) is 44.7 Å². The van der Waals surface area contributed by atoms with Gasteiger partial charge in [0.1, 0.15) is 18.1 Å². The van der Waals surface area contributed by atoms with Gasteiger partial charge in [0, 0.05) is 38.7 Å². The fourth-order valence-corrected chi connectivity index (χ4v) is 3.47. The normalized spacial score (nSPS) is 20.5. The first kappa shape index (κ1) is 17.1. The first-order valence-corrected chi connectivity index (χ1v) is 9.09. The molecule has 2 aliphatic heterocycles. The third kappa shape index (κ3) is 3.91. The molecule has 1 atom stereocenters. The molecule has 0 bridgehead atoms. The van der Waals surface area contributed by atoms with Crippen LogP contribution in [0, 0.1) is 5.92 Å². The molecule has 2 aromatic rings. The molecule has 4 heterocycles. The van der Waals surface area contributed by atoms with Crippen LogP contribution >= 0.6 is 0 Å². The van der Waals surface area contributed by atoms with E-state index < -0.39 is 0 Å². The summed E-state index contributed by atoms with van der Waals surface area (Å²) >= 11 is 0. The smallest absolute Gasteiger partial charge is 0.270 e. The second kappa shape index (κ2) is 7.92. The van der Waals surface area contributed by atoms with E-state index in [4.69, 9.17) is 14.6 Å². The van der Waals surface area contributed by atoms with Crippen molar-refractivity contribution in [3.05, 3.63) is 41.7 Å². The fourth-order valence-electron chi connectivity index (χ4n) is 3.47. The summed E-state index contributed by atoms with van der Waals surface area (Å²) in [5.41, 5.74) is 2.50. The molecule has 4 rings (SSSR count). The zero-order valence-electron chi connectivity index (χ0n) is 14.6. The quantitative estimate of drug-likeness (QED) is 0.863. The zero-order chi connectivity index (χ0) is 17.8. The van der Waals surface area contributed by atoms with E-state index in [-0.39, 0.29) is 12.0 Å². The van der Waals surface area contributed by atoms with Gasteiger partial charge in [-0.05, 0) is 36.8 Å². The van der Waals surface area contributed by atoms with E-state index in [1.165, 1.54) is 11.9 Å². The molecule has 0 spiro atoms. The molecule has 2 aliphatic rings. The molecular weight excluding hydrogens is 334 g/mol. The largest absolute Gasteiger partial charge is 0.381 e. The van der Waals surface area contributed by atoms with Crippen molar-refractivity contribution in [3.63, 3.8) is 0 Å². The van der Waals surface area contributed by atoms with Gasteiger partial charge >= 0.3 is 0 Å². The lowest BCUT2D eigenvalue weighted by Crippen LogP contribution is -2.32. The van der Waals surface area contributed by atoms with Gasteiger partial charge in [0.05, 0.1) is 12.3 Å². The maximum absolute atomic E-state index is 12.2. The number of nitrogens with zero attached hydrogens (tertiary/aromatic N) is 4. The Labute approximate surface area is 151 Å². The van der Waals surface area contributed by atoms with Crippen molar-refractivity contribution in [2.45, 2.75) is 31.9 Å². The third-order valence-corrected chi connectivity index (χ3v) is 4.91. The second-order valence-corrected chi connectivity index (χ2v) is 6.73. The maximum Gasteiger partial charge on any atom is 0.270 e. The SMILES string of the molecule is O=C(NC[C@@H]1OCCc2cn(CC3CCOCC3)nc21)c1ccncn1. The molecule has 1 amide bonds. The summed E-state index contributed by atoms with van der Waals surface area (Å²) in [6, 6.07) is 1.59. The van der Waals surface area contributed by atoms with E-state index >= 15 is 0 Å². The summed E-state index contributed by atoms with van der Waals surface area (Å²) in [5.74, 6) is 0.381. The number of hydrogen-bond acceptors (Lipinski definition) is 6. The van der Waals surface area contributed by atoms with Gasteiger partial charge in [-0.2, -0.15) is 5.10 Å². The molecule has 0 unspecified atom stereocenters. The van der Waals surface area contributed by atoms with Crippen LogP contribution < -0.4 is 5.32 Å². The summed E-state index contributed by atoms with van der Waals surface area (Å²) in [6.07, 6.45) is 7.85. The molecule has 0 radical (unpaired) electrons. The number of carbonyl (C=O) groups is 1. The van der Waals surface area contributed by atoms with Crippen molar-refractivity contribution in [2.75, 3.05) is 26.4 Å². The number of hydrogen-bond donors (Lipinski definition) is 1. The second-order valence-electron chi connectivity index (χ2n) is 6.73. The van der Waals surface area contributed by atoms with Gasteiger partial charge in [0.25, 0.3) is 5.91 Å². The van der Waals surface area contributed by atoms with Crippen molar-refractivity contribution < 1.29 is 14.3 Å². The molecule has 138 valence electrons. The fraction of sp³-hybridized carbons (Fsp3) is 0.556. The van der Waals surface area contributed by atoms with Gasteiger partial charge in [-0.3, -0.25) is 9.48 Å². The molecule has 2 aromatic heterocycles. The van der Waals surface area contributed by atoms with Crippen LogP contribution in [0.15, 0.2) is 24.8 Å². The van der Waals surface area contributed by atoms with Crippen LogP contribution in [-0.4, -0.2) is 52.0 Å². The average molecular weight is 357 g/mol. The minimum atomic E-state index is -0.232. The number of amides is 1. The number of aromatic nitrogens is 4. The lowest BCUT2D eigenvalue weighted by molar-refractivity contribution is 0.0378. The number of nitrogens with one attached hydrogen (secondary N) is 1. The van der Waals surface area contributed by atoms with Crippen molar-refractivity contribution in [1.82, 2.24) is 25.1 Å². The molecule has 8 heteroatoms. The first-order valence-electron chi connectivity index (χ1n) is 9.09. The van der Waals surface area contributed by atoms with Crippen LogP contribution in [0.1, 0.15) is 40.7 Å². The highest BCUT2D eigenvalue weighted by molar-refractivity contribution is 5.92. The Kier molecular flexibility index (Phi) is 5.21. The molecule has 0 saturated carbocycles. The summed E-state index contributed by atoms with van der Waals surface area (Å²) in [4.78, 5) is 20.0. The van der Waals surface area contributed by atoms with Gasteiger partial charge in [-0.25, -0.2) is 9.97 Å². The summed E-state index contributed by atoms with van der Waals surface area (Å²) in [6.45, 7) is 3.61. The van der Waals surface area contributed by atoms with Gasteiger partial charge < -0.3 is 14.8 Å². The van der Waals surface area contributed by atoms with Crippen LogP contribution in [0.2, 0.25) is 0 Å². The molecule has 0 aromatic carbocycles. The molecule has 26 heavy (non-hydrogen) atoms. The number of carbonyl (C=O) groups excluding carboxylic acids is 1. The first-order chi connectivity index (χ1) is 12.8. The van der Waals surface area contributed by atoms with Gasteiger partial charge in [-0.15, -0.1) is 0 Å². The molecule has 8 nitrogen and oxygen atoms in total. The van der Waals surface area contributed by atoms with Gasteiger partial charge in [-0.1, -0.05) is 0 Å².